The Hall–Kier alpha value is -2.25. The molecule has 2 atom stereocenters. The van der Waals surface area contributed by atoms with Gasteiger partial charge in [-0.05, 0) is 49.9 Å². The number of imide groups is 1. The highest BCUT2D eigenvalue weighted by atomic mass is 16.2. The van der Waals surface area contributed by atoms with E-state index in [1.165, 1.54) is 12.8 Å². The number of fused-ring (bicyclic) bond motifs is 1. The van der Waals surface area contributed by atoms with Crippen molar-refractivity contribution in [3.8, 4) is 0 Å². The van der Waals surface area contributed by atoms with Gasteiger partial charge >= 0.3 is 0 Å². The first kappa shape index (κ1) is 18.1. The number of nitrogens with one attached hydrogen (secondary N) is 3. The third-order valence-electron chi connectivity index (χ3n) is 5.79. The number of carbonyl (C=O) groups excluding carboxylic acids is 3. The largest absolute Gasteiger partial charge is 0.322 e. The highest BCUT2D eigenvalue weighted by Crippen LogP contribution is 2.29. The summed E-state index contributed by atoms with van der Waals surface area (Å²) in [6, 6.07) is 5.94. The number of hydrogen-bond acceptors (Lipinski definition) is 5. The minimum Gasteiger partial charge on any atom is -0.322 e. The van der Waals surface area contributed by atoms with E-state index in [0.29, 0.717) is 31.1 Å². The summed E-state index contributed by atoms with van der Waals surface area (Å²) in [5.41, 5.74) is 2.65. The van der Waals surface area contributed by atoms with E-state index in [0.717, 1.165) is 30.6 Å². The van der Waals surface area contributed by atoms with Crippen molar-refractivity contribution in [1.29, 1.82) is 0 Å². The summed E-state index contributed by atoms with van der Waals surface area (Å²) < 4.78 is 0. The van der Waals surface area contributed by atoms with E-state index >= 15 is 0 Å². The van der Waals surface area contributed by atoms with Gasteiger partial charge in [0.15, 0.2) is 0 Å². The van der Waals surface area contributed by atoms with Crippen LogP contribution in [0.2, 0.25) is 0 Å². The summed E-state index contributed by atoms with van der Waals surface area (Å²) in [7, 11) is 0. The number of rotatable bonds is 6. The Kier molecular flexibility index (Phi) is 5.22. The summed E-state index contributed by atoms with van der Waals surface area (Å²) >= 11 is 0. The zero-order valence-electron chi connectivity index (χ0n) is 15.4. The van der Waals surface area contributed by atoms with Crippen molar-refractivity contribution in [2.24, 2.45) is 0 Å². The molecule has 7 heteroatoms. The van der Waals surface area contributed by atoms with E-state index in [2.05, 4.69) is 16.0 Å². The third kappa shape index (κ3) is 3.75. The van der Waals surface area contributed by atoms with Gasteiger partial charge in [0, 0.05) is 31.1 Å². The molecule has 0 aromatic heterocycles. The fourth-order valence-corrected chi connectivity index (χ4v) is 4.34. The number of benzene rings is 1. The minimum absolute atomic E-state index is 0.102. The lowest BCUT2D eigenvalue weighted by Gasteiger charge is -2.29. The van der Waals surface area contributed by atoms with E-state index in [1.54, 1.807) is 4.90 Å². The van der Waals surface area contributed by atoms with Gasteiger partial charge < -0.3 is 15.5 Å². The Labute approximate surface area is 158 Å². The van der Waals surface area contributed by atoms with E-state index in [4.69, 9.17) is 0 Å². The third-order valence-corrected chi connectivity index (χ3v) is 5.79. The first-order valence-electron chi connectivity index (χ1n) is 9.83. The van der Waals surface area contributed by atoms with Crippen LogP contribution < -0.4 is 16.0 Å². The summed E-state index contributed by atoms with van der Waals surface area (Å²) in [6.07, 6.45) is 4.25. The van der Waals surface area contributed by atoms with Crippen molar-refractivity contribution in [2.75, 3.05) is 13.1 Å². The first-order chi connectivity index (χ1) is 13.1. The maximum atomic E-state index is 13.0. The summed E-state index contributed by atoms with van der Waals surface area (Å²) in [5.74, 6) is -0.729. The molecule has 0 aliphatic carbocycles. The Balaban J connectivity index is 1.40. The second-order valence-electron chi connectivity index (χ2n) is 7.61. The predicted molar refractivity (Wildman–Crippen MR) is 99.8 cm³/mol. The van der Waals surface area contributed by atoms with Crippen molar-refractivity contribution >= 4 is 17.7 Å². The van der Waals surface area contributed by atoms with Crippen LogP contribution in [0.3, 0.4) is 0 Å². The predicted octanol–water partition coefficient (Wildman–Crippen LogP) is 0.679. The Bertz CT molecular complexity index is 758. The van der Waals surface area contributed by atoms with Gasteiger partial charge in [-0.15, -0.1) is 0 Å². The number of nitrogens with zero attached hydrogens (tertiary/aromatic N) is 1. The van der Waals surface area contributed by atoms with Crippen molar-refractivity contribution in [3.05, 3.63) is 34.9 Å². The van der Waals surface area contributed by atoms with Crippen LogP contribution in [0.5, 0.6) is 0 Å². The van der Waals surface area contributed by atoms with E-state index in [9.17, 15) is 14.4 Å². The molecule has 3 heterocycles. The van der Waals surface area contributed by atoms with Crippen LogP contribution in [-0.4, -0.2) is 47.8 Å². The molecule has 27 heavy (non-hydrogen) atoms. The maximum absolute atomic E-state index is 13.0. The molecule has 4 rings (SSSR count). The molecule has 1 unspecified atom stereocenters. The van der Waals surface area contributed by atoms with Gasteiger partial charge in [-0.3, -0.25) is 19.7 Å². The highest BCUT2D eigenvalue weighted by Gasteiger charge is 2.39. The molecule has 2 saturated heterocycles. The average molecular weight is 370 g/mol. The molecule has 2 fully saturated rings. The van der Waals surface area contributed by atoms with Crippen LogP contribution in [-0.2, 0) is 22.7 Å². The van der Waals surface area contributed by atoms with Crippen LogP contribution in [0.4, 0.5) is 0 Å². The zero-order chi connectivity index (χ0) is 18.8. The first-order valence-corrected chi connectivity index (χ1v) is 9.83. The van der Waals surface area contributed by atoms with Crippen molar-refractivity contribution < 1.29 is 14.4 Å². The van der Waals surface area contributed by atoms with Crippen LogP contribution in [0.25, 0.3) is 0 Å². The number of hydrogen-bond donors (Lipinski definition) is 3. The molecule has 144 valence electrons. The number of amides is 3. The van der Waals surface area contributed by atoms with Gasteiger partial charge in [0.1, 0.15) is 6.04 Å². The lowest BCUT2D eigenvalue weighted by Crippen LogP contribution is -2.52. The number of piperidine rings is 1. The van der Waals surface area contributed by atoms with Crippen LogP contribution in [0.1, 0.15) is 53.6 Å². The summed E-state index contributed by atoms with van der Waals surface area (Å²) in [5, 5.41) is 9.29. The summed E-state index contributed by atoms with van der Waals surface area (Å²) in [6.45, 7) is 3.10. The fraction of sp³-hybridized carbons (Fsp3) is 0.550. The lowest BCUT2D eigenvalue weighted by molar-refractivity contribution is -0.136. The van der Waals surface area contributed by atoms with Gasteiger partial charge in [-0.25, -0.2) is 0 Å². The monoisotopic (exact) mass is 370 g/mol. The summed E-state index contributed by atoms with van der Waals surface area (Å²) in [4.78, 5) is 38.2. The number of carbonyl (C=O) groups is 3. The second-order valence-corrected chi connectivity index (χ2v) is 7.61. The Morgan fingerprint density at radius 3 is 2.85 bits per heavy atom. The molecule has 3 aliphatic rings. The molecule has 0 spiro atoms. The topological polar surface area (TPSA) is 90.5 Å². The van der Waals surface area contributed by atoms with Crippen LogP contribution in [0.15, 0.2) is 18.2 Å². The normalized spacial score (nSPS) is 25.0. The molecule has 0 radical (unpaired) electrons. The average Bonchev–Trinajstić information content (AvgIpc) is 3.28. The molecule has 1 aromatic carbocycles. The smallest absolute Gasteiger partial charge is 0.255 e. The molecule has 3 aliphatic heterocycles. The molecule has 1 aromatic rings. The Morgan fingerprint density at radius 1 is 1.19 bits per heavy atom. The molecule has 7 nitrogen and oxygen atoms in total. The molecule has 3 amide bonds. The maximum Gasteiger partial charge on any atom is 0.255 e. The van der Waals surface area contributed by atoms with Crippen LogP contribution in [0, 0.1) is 0 Å². The van der Waals surface area contributed by atoms with Gasteiger partial charge in [-0.1, -0.05) is 18.2 Å². The standard InChI is InChI=1S/C20H26N4O3/c25-17-7-6-16(19(26)23-17)24-12-14-4-1-3-13(18(14)20(24)27)11-21-10-8-15-5-2-9-22-15/h1,3-4,15-16,21-22H,2,5-12H2,(H,23,25,26)/t15-,16?/m1/s1. The van der Waals surface area contributed by atoms with Gasteiger partial charge in [0.25, 0.3) is 5.91 Å². The molecular weight excluding hydrogens is 344 g/mol. The van der Waals surface area contributed by atoms with Gasteiger partial charge in [-0.2, -0.15) is 0 Å². The Morgan fingerprint density at radius 2 is 2.07 bits per heavy atom. The molecule has 3 N–H and O–H groups in total. The molecular formula is C20H26N4O3. The van der Waals surface area contributed by atoms with Crippen molar-refractivity contribution in [3.63, 3.8) is 0 Å². The second kappa shape index (κ2) is 7.78. The SMILES string of the molecule is O=C1CCC(N2Cc3cccc(CNCC[C@H]4CCCN4)c3C2=O)C(=O)N1. The fourth-order valence-electron chi connectivity index (χ4n) is 4.34. The van der Waals surface area contributed by atoms with E-state index in [-0.39, 0.29) is 24.1 Å². The van der Waals surface area contributed by atoms with E-state index in [1.807, 2.05) is 18.2 Å². The minimum atomic E-state index is -0.558. The zero-order valence-corrected chi connectivity index (χ0v) is 15.4. The molecule has 0 saturated carbocycles. The lowest BCUT2D eigenvalue weighted by atomic mass is 10.0. The highest BCUT2D eigenvalue weighted by molar-refractivity contribution is 6.05. The van der Waals surface area contributed by atoms with E-state index < -0.39 is 6.04 Å². The van der Waals surface area contributed by atoms with Gasteiger partial charge in [0.2, 0.25) is 11.8 Å². The van der Waals surface area contributed by atoms with Crippen LogP contribution >= 0.6 is 0 Å². The van der Waals surface area contributed by atoms with Crippen molar-refractivity contribution in [2.45, 2.75) is 57.3 Å². The van der Waals surface area contributed by atoms with Gasteiger partial charge in [0.05, 0.1) is 0 Å². The molecule has 0 bridgehead atoms. The quantitative estimate of drug-likeness (QED) is 0.506. The van der Waals surface area contributed by atoms with Crippen molar-refractivity contribution in [1.82, 2.24) is 20.9 Å².